The summed E-state index contributed by atoms with van der Waals surface area (Å²) in [6, 6.07) is 8.09. The van der Waals surface area contributed by atoms with Crippen LogP contribution in [0.25, 0.3) is 0 Å². The zero-order valence-corrected chi connectivity index (χ0v) is 12.5. The number of hydrazone groups is 1. The third-order valence-corrected chi connectivity index (χ3v) is 2.86. The molecule has 0 fully saturated rings. The normalized spacial score (nSPS) is 11.0. The maximum Gasteiger partial charge on any atom is 0.186 e. The molecule has 5 heteroatoms. The zero-order valence-electron chi connectivity index (χ0n) is 11.7. The minimum Gasteiger partial charge on any atom is -0.497 e. The van der Waals surface area contributed by atoms with Crippen LogP contribution in [0.1, 0.15) is 25.8 Å². The van der Waals surface area contributed by atoms with Crippen LogP contribution in [0.3, 0.4) is 0 Å². The number of hydrogen-bond acceptors (Lipinski definition) is 3. The second-order valence-corrected chi connectivity index (χ2v) is 4.57. The fourth-order valence-corrected chi connectivity index (χ4v) is 1.71. The van der Waals surface area contributed by atoms with Gasteiger partial charge in [-0.1, -0.05) is 12.1 Å². The molecule has 0 aliphatic rings. The van der Waals surface area contributed by atoms with E-state index in [0.29, 0.717) is 5.11 Å². The monoisotopic (exact) mass is 279 g/mol. The van der Waals surface area contributed by atoms with Gasteiger partial charge in [-0.15, -0.1) is 0 Å². The van der Waals surface area contributed by atoms with Gasteiger partial charge < -0.3 is 10.1 Å². The van der Waals surface area contributed by atoms with Gasteiger partial charge in [0.25, 0.3) is 0 Å². The third-order valence-electron chi connectivity index (χ3n) is 2.62. The van der Waals surface area contributed by atoms with Gasteiger partial charge in [0, 0.05) is 12.3 Å². The van der Waals surface area contributed by atoms with Gasteiger partial charge in [0.2, 0.25) is 0 Å². The van der Waals surface area contributed by atoms with Crippen LogP contribution in [0, 0.1) is 0 Å². The minimum atomic E-state index is 0.561. The number of ether oxygens (including phenoxy) is 1. The first-order valence-corrected chi connectivity index (χ1v) is 6.76. The minimum absolute atomic E-state index is 0.561. The van der Waals surface area contributed by atoms with Crippen molar-refractivity contribution in [3.63, 3.8) is 0 Å². The number of benzene rings is 1. The molecule has 4 nitrogen and oxygen atoms in total. The van der Waals surface area contributed by atoms with Crippen molar-refractivity contribution in [2.75, 3.05) is 13.7 Å². The van der Waals surface area contributed by atoms with Crippen LogP contribution in [0.5, 0.6) is 5.75 Å². The van der Waals surface area contributed by atoms with Crippen LogP contribution < -0.4 is 15.5 Å². The van der Waals surface area contributed by atoms with Gasteiger partial charge in [-0.25, -0.2) is 0 Å². The average Bonchev–Trinajstić information content (AvgIpc) is 2.44. The first kappa shape index (κ1) is 15.4. The summed E-state index contributed by atoms with van der Waals surface area (Å²) in [7, 11) is 1.67. The predicted octanol–water partition coefficient (Wildman–Crippen LogP) is 2.49. The molecule has 0 saturated carbocycles. The van der Waals surface area contributed by atoms with Crippen molar-refractivity contribution in [1.29, 1.82) is 0 Å². The Bertz CT molecular complexity index is 429. The lowest BCUT2D eigenvalue weighted by Crippen LogP contribution is -2.32. The number of hydrogen-bond donors (Lipinski definition) is 2. The van der Waals surface area contributed by atoms with Crippen molar-refractivity contribution in [3.05, 3.63) is 29.8 Å². The lowest BCUT2D eigenvalue weighted by Gasteiger charge is -2.06. The fourth-order valence-electron chi connectivity index (χ4n) is 1.52. The molecule has 0 bridgehead atoms. The maximum absolute atomic E-state index is 5.13. The molecule has 0 amide bonds. The lowest BCUT2D eigenvalue weighted by atomic mass is 10.1. The first-order valence-electron chi connectivity index (χ1n) is 6.35. The smallest absolute Gasteiger partial charge is 0.186 e. The third kappa shape index (κ3) is 6.20. The Labute approximate surface area is 120 Å². The molecule has 2 N–H and O–H groups in total. The summed E-state index contributed by atoms with van der Waals surface area (Å²) in [5.41, 5.74) is 5.12. The molecule has 0 heterocycles. The van der Waals surface area contributed by atoms with E-state index in [4.69, 9.17) is 17.0 Å². The molecular weight excluding hydrogens is 258 g/mol. The zero-order chi connectivity index (χ0) is 14.1. The summed E-state index contributed by atoms with van der Waals surface area (Å²) in [6.45, 7) is 4.78. The predicted molar refractivity (Wildman–Crippen MR) is 83.8 cm³/mol. The van der Waals surface area contributed by atoms with Crippen molar-refractivity contribution < 1.29 is 4.74 Å². The van der Waals surface area contributed by atoms with Crippen molar-refractivity contribution in [2.24, 2.45) is 5.10 Å². The SMILES string of the molecule is CCNC(=S)N/N=C(/C)CCc1ccc(OC)cc1. The highest BCUT2D eigenvalue weighted by atomic mass is 32.1. The molecule has 0 aromatic heterocycles. The van der Waals surface area contributed by atoms with Gasteiger partial charge in [0.1, 0.15) is 5.75 Å². The summed E-state index contributed by atoms with van der Waals surface area (Å²) < 4.78 is 5.13. The van der Waals surface area contributed by atoms with Gasteiger partial charge >= 0.3 is 0 Å². The highest BCUT2D eigenvalue weighted by Crippen LogP contribution is 2.12. The van der Waals surface area contributed by atoms with E-state index in [1.165, 1.54) is 5.56 Å². The molecule has 104 valence electrons. The maximum atomic E-state index is 5.13. The molecule has 0 unspecified atom stereocenters. The fraction of sp³-hybridized carbons (Fsp3) is 0.429. The van der Waals surface area contributed by atoms with Gasteiger partial charge in [0.05, 0.1) is 7.11 Å². The van der Waals surface area contributed by atoms with Crippen LogP contribution in [-0.2, 0) is 6.42 Å². The van der Waals surface area contributed by atoms with E-state index in [2.05, 4.69) is 28.0 Å². The number of methoxy groups -OCH3 is 1. The van der Waals surface area contributed by atoms with E-state index in [9.17, 15) is 0 Å². The van der Waals surface area contributed by atoms with E-state index in [-0.39, 0.29) is 0 Å². The Kier molecular flexibility index (Phi) is 6.89. The van der Waals surface area contributed by atoms with Crippen molar-refractivity contribution in [1.82, 2.24) is 10.7 Å². The van der Waals surface area contributed by atoms with Crippen LogP contribution in [0.4, 0.5) is 0 Å². The van der Waals surface area contributed by atoms with Crippen molar-refractivity contribution in [3.8, 4) is 5.75 Å². The summed E-state index contributed by atoms with van der Waals surface area (Å²) in [5, 5.41) is 7.78. The molecule has 0 atom stereocenters. The van der Waals surface area contributed by atoms with E-state index < -0.39 is 0 Å². The quantitative estimate of drug-likeness (QED) is 0.477. The number of rotatable bonds is 6. The van der Waals surface area contributed by atoms with Crippen molar-refractivity contribution in [2.45, 2.75) is 26.7 Å². The van der Waals surface area contributed by atoms with Crippen LogP contribution >= 0.6 is 12.2 Å². The summed E-state index contributed by atoms with van der Waals surface area (Å²) >= 11 is 5.03. The van der Waals surface area contributed by atoms with E-state index >= 15 is 0 Å². The van der Waals surface area contributed by atoms with Crippen LogP contribution in [-0.4, -0.2) is 24.5 Å². The molecular formula is C14H21N3OS. The Hall–Kier alpha value is -1.62. The summed E-state index contributed by atoms with van der Waals surface area (Å²) in [6.07, 6.45) is 1.85. The molecule has 0 radical (unpaired) electrons. The molecule has 19 heavy (non-hydrogen) atoms. The Balaban J connectivity index is 2.38. The second-order valence-electron chi connectivity index (χ2n) is 4.17. The Morgan fingerprint density at radius 3 is 2.58 bits per heavy atom. The van der Waals surface area contributed by atoms with Gasteiger partial charge in [0.15, 0.2) is 5.11 Å². The topological polar surface area (TPSA) is 45.7 Å². The van der Waals surface area contributed by atoms with Gasteiger partial charge in [-0.05, 0) is 56.6 Å². The standard InChI is InChI=1S/C14H21N3OS/c1-4-15-14(19)17-16-11(2)5-6-12-7-9-13(18-3)10-8-12/h7-10H,4-6H2,1-3H3,(H2,15,17,19)/b16-11-. The Morgan fingerprint density at radius 1 is 1.32 bits per heavy atom. The van der Waals surface area contributed by atoms with Gasteiger partial charge in [-0.2, -0.15) is 5.10 Å². The summed E-state index contributed by atoms with van der Waals surface area (Å²) in [5.74, 6) is 0.881. The van der Waals surface area contributed by atoms with E-state index in [1.807, 2.05) is 26.0 Å². The largest absolute Gasteiger partial charge is 0.497 e. The molecule has 0 aliphatic heterocycles. The van der Waals surface area contributed by atoms with Crippen molar-refractivity contribution >= 4 is 23.0 Å². The molecule has 1 rings (SSSR count). The second kappa shape index (κ2) is 8.48. The number of aryl methyl sites for hydroxylation is 1. The molecule has 0 saturated heterocycles. The lowest BCUT2D eigenvalue weighted by molar-refractivity contribution is 0.414. The summed E-state index contributed by atoms with van der Waals surface area (Å²) in [4.78, 5) is 0. The van der Waals surface area contributed by atoms with Gasteiger partial charge in [-0.3, -0.25) is 5.43 Å². The number of nitrogens with one attached hydrogen (secondary N) is 2. The highest BCUT2D eigenvalue weighted by molar-refractivity contribution is 7.80. The van der Waals surface area contributed by atoms with Crippen LogP contribution in [0.2, 0.25) is 0 Å². The highest BCUT2D eigenvalue weighted by Gasteiger charge is 1.98. The molecule has 1 aromatic rings. The average molecular weight is 279 g/mol. The number of thiocarbonyl (C=S) groups is 1. The van der Waals surface area contributed by atoms with E-state index in [1.54, 1.807) is 7.11 Å². The Morgan fingerprint density at radius 2 is 2.00 bits per heavy atom. The number of nitrogens with zero attached hydrogens (tertiary/aromatic N) is 1. The van der Waals surface area contributed by atoms with E-state index in [0.717, 1.165) is 30.8 Å². The van der Waals surface area contributed by atoms with Crippen LogP contribution in [0.15, 0.2) is 29.4 Å². The molecule has 1 aromatic carbocycles. The molecule has 0 spiro atoms. The first-order chi connectivity index (χ1) is 9.15. The molecule has 0 aliphatic carbocycles.